The highest BCUT2D eigenvalue weighted by molar-refractivity contribution is 7.12. The summed E-state index contributed by atoms with van der Waals surface area (Å²) in [6, 6.07) is 0.214. The summed E-state index contributed by atoms with van der Waals surface area (Å²) in [4.78, 5) is 6.42. The van der Waals surface area contributed by atoms with Crippen molar-refractivity contribution < 1.29 is 0 Å². The summed E-state index contributed by atoms with van der Waals surface area (Å²) in [5.41, 5.74) is 8.03. The van der Waals surface area contributed by atoms with Crippen LogP contribution in [0.1, 0.15) is 93.3 Å². The van der Waals surface area contributed by atoms with Gasteiger partial charge in [0, 0.05) is 16.8 Å². The summed E-state index contributed by atoms with van der Waals surface area (Å²) < 4.78 is 0. The van der Waals surface area contributed by atoms with Gasteiger partial charge in [0.15, 0.2) is 0 Å². The van der Waals surface area contributed by atoms with E-state index < -0.39 is 0 Å². The Bertz CT molecular complexity index is 483. The van der Waals surface area contributed by atoms with Crippen LogP contribution in [-0.4, -0.2) is 4.98 Å². The molecule has 2 aliphatic rings. The number of nitrogens with two attached hydrogens (primary N) is 1. The topological polar surface area (TPSA) is 38.9 Å². The highest BCUT2D eigenvalue weighted by Gasteiger charge is 2.34. The van der Waals surface area contributed by atoms with Gasteiger partial charge in [0.1, 0.15) is 0 Å². The lowest BCUT2D eigenvalue weighted by molar-refractivity contribution is 0.281. The van der Waals surface area contributed by atoms with Crippen LogP contribution in [0.15, 0.2) is 0 Å². The van der Waals surface area contributed by atoms with E-state index in [1.54, 1.807) is 0 Å². The number of thiazole rings is 1. The lowest BCUT2D eigenvalue weighted by atomic mass is 9.76. The number of nitrogens with zero attached hydrogens (tertiary/aromatic N) is 1. The van der Waals surface area contributed by atoms with Crippen LogP contribution >= 0.6 is 11.3 Å². The van der Waals surface area contributed by atoms with Crippen LogP contribution < -0.4 is 5.73 Å². The first-order valence-corrected chi connectivity index (χ1v) is 9.55. The van der Waals surface area contributed by atoms with Gasteiger partial charge in [-0.05, 0) is 49.9 Å². The zero-order chi connectivity index (χ0) is 15.0. The summed E-state index contributed by atoms with van der Waals surface area (Å²) >= 11 is 1.93. The van der Waals surface area contributed by atoms with Gasteiger partial charge in [-0.3, -0.25) is 0 Å². The van der Waals surface area contributed by atoms with E-state index in [1.807, 2.05) is 11.3 Å². The Kier molecular flexibility index (Phi) is 4.42. The van der Waals surface area contributed by atoms with Crippen molar-refractivity contribution in [1.82, 2.24) is 4.98 Å². The van der Waals surface area contributed by atoms with E-state index >= 15 is 0 Å². The summed E-state index contributed by atoms with van der Waals surface area (Å²) in [7, 11) is 0. The van der Waals surface area contributed by atoms with Crippen LogP contribution in [0, 0.1) is 11.3 Å². The molecule has 0 radical (unpaired) electrons. The Labute approximate surface area is 133 Å². The third kappa shape index (κ3) is 3.34. The Morgan fingerprint density at radius 1 is 1.24 bits per heavy atom. The van der Waals surface area contributed by atoms with Crippen molar-refractivity contribution in [2.24, 2.45) is 17.1 Å². The second-order valence-corrected chi connectivity index (χ2v) is 9.08. The molecule has 0 spiro atoms. The molecule has 1 heterocycles. The minimum Gasteiger partial charge on any atom is -0.323 e. The third-order valence-corrected chi connectivity index (χ3v) is 6.78. The minimum absolute atomic E-state index is 0.214. The van der Waals surface area contributed by atoms with Crippen molar-refractivity contribution in [2.45, 2.75) is 84.1 Å². The van der Waals surface area contributed by atoms with Crippen molar-refractivity contribution >= 4 is 11.3 Å². The SMILES string of the molecule is CCCC1CCC(c2nc3c(s2)C(N)CC(C)(C)C3)CC1. The smallest absolute Gasteiger partial charge is 0.0962 e. The average molecular weight is 307 g/mol. The van der Waals surface area contributed by atoms with E-state index in [0.29, 0.717) is 11.3 Å². The molecule has 2 aliphatic carbocycles. The molecule has 2 nitrogen and oxygen atoms in total. The second-order valence-electron chi connectivity index (χ2n) is 8.02. The second kappa shape index (κ2) is 6.00. The lowest BCUT2D eigenvalue weighted by Gasteiger charge is -2.32. The average Bonchev–Trinajstić information content (AvgIpc) is 2.82. The van der Waals surface area contributed by atoms with Crippen molar-refractivity contribution in [3.05, 3.63) is 15.6 Å². The van der Waals surface area contributed by atoms with Gasteiger partial charge < -0.3 is 5.73 Å². The van der Waals surface area contributed by atoms with Gasteiger partial charge in [-0.25, -0.2) is 4.98 Å². The van der Waals surface area contributed by atoms with Crippen LogP contribution in [-0.2, 0) is 6.42 Å². The molecular formula is C18H30N2S. The molecule has 118 valence electrons. The number of aromatic nitrogens is 1. The minimum atomic E-state index is 0.214. The quantitative estimate of drug-likeness (QED) is 0.834. The molecule has 3 rings (SSSR count). The van der Waals surface area contributed by atoms with Crippen molar-refractivity contribution in [3.63, 3.8) is 0 Å². The third-order valence-electron chi connectivity index (χ3n) is 5.39. The number of fused-ring (bicyclic) bond motifs is 1. The number of hydrogen-bond donors (Lipinski definition) is 1. The highest BCUT2D eigenvalue weighted by atomic mass is 32.1. The largest absolute Gasteiger partial charge is 0.323 e. The first-order valence-electron chi connectivity index (χ1n) is 8.73. The molecule has 1 aromatic rings. The first-order chi connectivity index (χ1) is 9.98. The molecule has 0 aromatic carbocycles. The molecule has 1 fully saturated rings. The molecule has 3 heteroatoms. The predicted molar refractivity (Wildman–Crippen MR) is 90.8 cm³/mol. The predicted octanol–water partition coefficient (Wildman–Crippen LogP) is 5.19. The number of hydrogen-bond acceptors (Lipinski definition) is 3. The van der Waals surface area contributed by atoms with Gasteiger partial charge >= 0.3 is 0 Å². The standard InChI is InChI=1S/C18H30N2S/c1-4-5-12-6-8-13(9-7-12)17-20-15-11-18(2,3)10-14(19)16(15)21-17/h12-14H,4-11,19H2,1-3H3. The molecule has 0 bridgehead atoms. The van der Waals surface area contributed by atoms with Gasteiger partial charge in [0.25, 0.3) is 0 Å². The molecule has 0 amide bonds. The van der Waals surface area contributed by atoms with E-state index in [2.05, 4.69) is 20.8 Å². The van der Waals surface area contributed by atoms with E-state index in [9.17, 15) is 0 Å². The maximum atomic E-state index is 6.40. The van der Waals surface area contributed by atoms with E-state index in [-0.39, 0.29) is 6.04 Å². The van der Waals surface area contributed by atoms with Gasteiger partial charge in [-0.2, -0.15) is 0 Å². The van der Waals surface area contributed by atoms with Crippen molar-refractivity contribution in [2.75, 3.05) is 0 Å². The van der Waals surface area contributed by atoms with Crippen LogP contribution in [0.2, 0.25) is 0 Å². The fourth-order valence-corrected chi connectivity index (χ4v) is 5.55. The first kappa shape index (κ1) is 15.5. The molecule has 0 saturated heterocycles. The molecule has 2 N–H and O–H groups in total. The maximum absolute atomic E-state index is 6.40. The Balaban J connectivity index is 1.71. The number of rotatable bonds is 3. The zero-order valence-corrected chi connectivity index (χ0v) is 14.6. The lowest BCUT2D eigenvalue weighted by Crippen LogP contribution is -2.28. The van der Waals surface area contributed by atoms with Gasteiger partial charge in [-0.15, -0.1) is 11.3 Å². The van der Waals surface area contributed by atoms with Crippen molar-refractivity contribution in [3.8, 4) is 0 Å². The summed E-state index contributed by atoms with van der Waals surface area (Å²) in [6.07, 6.45) is 10.5. The molecule has 1 aromatic heterocycles. The summed E-state index contributed by atoms with van der Waals surface area (Å²) in [5, 5.41) is 1.39. The summed E-state index contributed by atoms with van der Waals surface area (Å²) in [6.45, 7) is 6.96. The van der Waals surface area contributed by atoms with E-state index in [0.717, 1.165) is 18.8 Å². The van der Waals surface area contributed by atoms with E-state index in [4.69, 9.17) is 10.7 Å². The van der Waals surface area contributed by atoms with Crippen LogP contribution in [0.4, 0.5) is 0 Å². The molecule has 21 heavy (non-hydrogen) atoms. The van der Waals surface area contributed by atoms with Gasteiger partial charge in [-0.1, -0.05) is 33.6 Å². The fourth-order valence-electron chi connectivity index (χ4n) is 4.29. The van der Waals surface area contributed by atoms with Crippen molar-refractivity contribution in [1.29, 1.82) is 0 Å². The molecule has 1 saturated carbocycles. The van der Waals surface area contributed by atoms with Gasteiger partial charge in [0.2, 0.25) is 0 Å². The summed E-state index contributed by atoms with van der Waals surface area (Å²) in [5.74, 6) is 1.69. The Hall–Kier alpha value is -0.410. The molecule has 0 aliphatic heterocycles. The van der Waals surface area contributed by atoms with Crippen LogP contribution in [0.5, 0.6) is 0 Å². The fraction of sp³-hybridized carbons (Fsp3) is 0.833. The molecular weight excluding hydrogens is 276 g/mol. The normalized spacial score (nSPS) is 31.9. The van der Waals surface area contributed by atoms with Crippen LogP contribution in [0.25, 0.3) is 0 Å². The zero-order valence-electron chi connectivity index (χ0n) is 13.8. The molecule has 1 atom stereocenters. The highest BCUT2D eigenvalue weighted by Crippen LogP contribution is 2.45. The van der Waals surface area contributed by atoms with Crippen LogP contribution in [0.3, 0.4) is 0 Å². The van der Waals surface area contributed by atoms with E-state index in [1.165, 1.54) is 54.1 Å². The monoisotopic (exact) mass is 306 g/mol. The Morgan fingerprint density at radius 3 is 2.62 bits per heavy atom. The molecule has 1 unspecified atom stereocenters. The maximum Gasteiger partial charge on any atom is 0.0962 e. The Morgan fingerprint density at radius 2 is 1.95 bits per heavy atom. The van der Waals surface area contributed by atoms with Gasteiger partial charge in [0.05, 0.1) is 10.7 Å².